The number of nitrogens with one attached hydrogen (secondary N) is 2. The molecule has 0 unspecified atom stereocenters. The number of aromatic amines is 1. The number of hydrogen-bond acceptors (Lipinski definition) is 4. The highest BCUT2D eigenvalue weighted by Gasteiger charge is 2.17. The summed E-state index contributed by atoms with van der Waals surface area (Å²) in [6.45, 7) is 2.20. The first-order chi connectivity index (χ1) is 9.94. The Bertz CT molecular complexity index is 802. The summed E-state index contributed by atoms with van der Waals surface area (Å²) in [5, 5.41) is -0.198. The van der Waals surface area contributed by atoms with Crippen LogP contribution < -0.4 is 15.0 Å². The number of hydrogen-bond donors (Lipinski definition) is 2. The van der Waals surface area contributed by atoms with Gasteiger partial charge in [-0.1, -0.05) is 23.7 Å². The number of H-pyrrole nitrogens is 1. The first kappa shape index (κ1) is 15.4. The van der Waals surface area contributed by atoms with Crippen LogP contribution in [0.2, 0.25) is 5.02 Å². The van der Waals surface area contributed by atoms with Gasteiger partial charge in [-0.2, -0.15) is 0 Å². The number of aromatic nitrogens is 1. The number of halogens is 1. The highest BCUT2D eigenvalue weighted by Crippen LogP contribution is 2.26. The van der Waals surface area contributed by atoms with Gasteiger partial charge in [-0.15, -0.1) is 0 Å². The smallest absolute Gasteiger partial charge is 0.266 e. The van der Waals surface area contributed by atoms with Crippen molar-refractivity contribution in [3.8, 4) is 5.75 Å². The van der Waals surface area contributed by atoms with E-state index in [2.05, 4.69) is 9.71 Å². The van der Waals surface area contributed by atoms with Gasteiger partial charge in [0, 0.05) is 6.20 Å². The minimum atomic E-state index is -3.88. The van der Waals surface area contributed by atoms with Gasteiger partial charge < -0.3 is 9.72 Å². The van der Waals surface area contributed by atoms with Crippen molar-refractivity contribution < 1.29 is 13.2 Å². The van der Waals surface area contributed by atoms with Crippen molar-refractivity contribution in [3.05, 3.63) is 51.9 Å². The SMILES string of the molecule is CCOc1ccccc1NS(=O)(=O)c1c[nH]c(=O)c(Cl)c1. The van der Waals surface area contributed by atoms with Crippen LogP contribution in [0.25, 0.3) is 0 Å². The molecule has 0 amide bonds. The average molecular weight is 329 g/mol. The Morgan fingerprint density at radius 1 is 1.33 bits per heavy atom. The minimum Gasteiger partial charge on any atom is -0.492 e. The van der Waals surface area contributed by atoms with Gasteiger partial charge in [0.05, 0.1) is 12.3 Å². The molecule has 112 valence electrons. The molecule has 0 aliphatic carbocycles. The molecule has 0 aliphatic heterocycles. The zero-order valence-corrected chi connectivity index (χ0v) is 12.7. The van der Waals surface area contributed by atoms with Crippen LogP contribution in [0.3, 0.4) is 0 Å². The summed E-state index contributed by atoms with van der Waals surface area (Å²) < 4.78 is 32.3. The summed E-state index contributed by atoms with van der Waals surface area (Å²) in [7, 11) is -3.88. The van der Waals surface area contributed by atoms with Crippen molar-refractivity contribution in [2.45, 2.75) is 11.8 Å². The Kier molecular flexibility index (Phi) is 4.54. The summed E-state index contributed by atoms with van der Waals surface area (Å²) in [6.07, 6.45) is 1.08. The first-order valence-corrected chi connectivity index (χ1v) is 7.93. The second-order valence-corrected chi connectivity index (χ2v) is 6.14. The fourth-order valence-corrected chi connectivity index (χ4v) is 2.93. The Morgan fingerprint density at radius 2 is 2.05 bits per heavy atom. The summed E-state index contributed by atoms with van der Waals surface area (Å²) in [6, 6.07) is 7.74. The number of anilines is 1. The van der Waals surface area contributed by atoms with E-state index in [0.29, 0.717) is 18.0 Å². The number of para-hydroxylation sites is 2. The zero-order chi connectivity index (χ0) is 15.5. The summed E-state index contributed by atoms with van der Waals surface area (Å²) >= 11 is 5.64. The van der Waals surface area contributed by atoms with Crippen LogP contribution in [-0.4, -0.2) is 20.0 Å². The summed E-state index contributed by atoms with van der Waals surface area (Å²) in [5.41, 5.74) is -0.244. The molecule has 0 radical (unpaired) electrons. The van der Waals surface area contributed by atoms with E-state index in [1.807, 2.05) is 0 Å². The van der Waals surface area contributed by atoms with E-state index in [1.165, 1.54) is 0 Å². The van der Waals surface area contributed by atoms with E-state index < -0.39 is 15.6 Å². The molecule has 21 heavy (non-hydrogen) atoms. The minimum absolute atomic E-state index is 0.140. The second kappa shape index (κ2) is 6.19. The van der Waals surface area contributed by atoms with Gasteiger partial charge in [0.15, 0.2) is 0 Å². The maximum Gasteiger partial charge on any atom is 0.266 e. The van der Waals surface area contributed by atoms with Crippen molar-refractivity contribution in [2.75, 3.05) is 11.3 Å². The van der Waals surface area contributed by atoms with Crippen LogP contribution in [0.1, 0.15) is 6.92 Å². The molecule has 1 aromatic heterocycles. The molecule has 1 aromatic carbocycles. The van der Waals surface area contributed by atoms with E-state index >= 15 is 0 Å². The molecular formula is C13H13ClN2O4S. The van der Waals surface area contributed by atoms with Gasteiger partial charge in [0.2, 0.25) is 0 Å². The molecule has 0 bridgehead atoms. The van der Waals surface area contributed by atoms with Crippen LogP contribution in [0, 0.1) is 0 Å². The largest absolute Gasteiger partial charge is 0.492 e. The van der Waals surface area contributed by atoms with Crippen molar-refractivity contribution in [1.29, 1.82) is 0 Å². The van der Waals surface area contributed by atoms with E-state index in [9.17, 15) is 13.2 Å². The number of pyridine rings is 1. The maximum atomic E-state index is 12.3. The predicted molar refractivity (Wildman–Crippen MR) is 80.5 cm³/mol. The van der Waals surface area contributed by atoms with E-state index in [-0.39, 0.29) is 9.92 Å². The second-order valence-electron chi connectivity index (χ2n) is 4.05. The molecule has 2 rings (SSSR count). The van der Waals surface area contributed by atoms with Crippen molar-refractivity contribution in [1.82, 2.24) is 4.98 Å². The third-order valence-corrected chi connectivity index (χ3v) is 4.20. The average Bonchev–Trinajstić information content (AvgIpc) is 2.44. The van der Waals surface area contributed by atoms with Crippen LogP contribution in [0.15, 0.2) is 46.2 Å². The van der Waals surface area contributed by atoms with Crippen LogP contribution >= 0.6 is 11.6 Å². The standard InChI is InChI=1S/C13H13ClN2O4S/c1-2-20-12-6-4-3-5-11(12)16-21(18,19)9-7-10(14)13(17)15-8-9/h3-8,16H,2H2,1H3,(H,15,17). The number of rotatable bonds is 5. The van der Waals surface area contributed by atoms with E-state index in [4.69, 9.17) is 16.3 Å². The number of ether oxygens (including phenoxy) is 1. The van der Waals surface area contributed by atoms with Gasteiger partial charge >= 0.3 is 0 Å². The summed E-state index contributed by atoms with van der Waals surface area (Å²) in [5.74, 6) is 0.416. The van der Waals surface area contributed by atoms with Gasteiger partial charge in [0.25, 0.3) is 15.6 Å². The number of sulfonamides is 1. The lowest BCUT2D eigenvalue weighted by atomic mass is 10.3. The molecule has 0 fully saturated rings. The monoisotopic (exact) mass is 328 g/mol. The Hall–Kier alpha value is -1.99. The van der Waals surface area contributed by atoms with Gasteiger partial charge in [0.1, 0.15) is 15.7 Å². The van der Waals surface area contributed by atoms with Crippen LogP contribution in [-0.2, 0) is 10.0 Å². The molecule has 0 spiro atoms. The fourth-order valence-electron chi connectivity index (χ4n) is 1.63. The molecule has 6 nitrogen and oxygen atoms in total. The lowest BCUT2D eigenvalue weighted by molar-refractivity contribution is 0.342. The molecule has 2 N–H and O–H groups in total. The van der Waals surface area contributed by atoms with Crippen molar-refractivity contribution >= 4 is 27.3 Å². The van der Waals surface area contributed by atoms with Gasteiger partial charge in [-0.05, 0) is 25.1 Å². The predicted octanol–water partition coefficient (Wildman–Crippen LogP) is 2.23. The highest BCUT2D eigenvalue weighted by atomic mass is 35.5. The molecule has 0 atom stereocenters. The topological polar surface area (TPSA) is 88.3 Å². The van der Waals surface area contributed by atoms with Crippen LogP contribution in [0.5, 0.6) is 5.75 Å². The third kappa shape index (κ3) is 3.56. The lowest BCUT2D eigenvalue weighted by Gasteiger charge is -2.12. The Balaban J connectivity index is 2.37. The molecular weight excluding hydrogens is 316 g/mol. The van der Waals surface area contributed by atoms with Gasteiger partial charge in [-0.3, -0.25) is 9.52 Å². The molecule has 0 saturated carbocycles. The van der Waals surface area contributed by atoms with E-state index in [0.717, 1.165) is 12.3 Å². The molecule has 0 saturated heterocycles. The molecule has 2 aromatic rings. The fraction of sp³-hybridized carbons (Fsp3) is 0.154. The van der Waals surface area contributed by atoms with Crippen molar-refractivity contribution in [2.24, 2.45) is 0 Å². The first-order valence-electron chi connectivity index (χ1n) is 6.07. The third-order valence-electron chi connectivity index (χ3n) is 2.57. The summed E-state index contributed by atoms with van der Waals surface area (Å²) in [4.78, 5) is 13.3. The Morgan fingerprint density at radius 3 is 2.71 bits per heavy atom. The molecule has 0 aliphatic rings. The zero-order valence-electron chi connectivity index (χ0n) is 11.1. The number of benzene rings is 1. The van der Waals surface area contributed by atoms with Crippen molar-refractivity contribution in [3.63, 3.8) is 0 Å². The normalized spacial score (nSPS) is 11.1. The molecule has 1 heterocycles. The maximum absolute atomic E-state index is 12.3. The quantitative estimate of drug-likeness (QED) is 0.881. The van der Waals surface area contributed by atoms with E-state index in [1.54, 1.807) is 31.2 Å². The highest BCUT2D eigenvalue weighted by molar-refractivity contribution is 7.92. The lowest BCUT2D eigenvalue weighted by Crippen LogP contribution is -2.16. The van der Waals surface area contributed by atoms with Crippen LogP contribution in [0.4, 0.5) is 5.69 Å². The molecule has 8 heteroatoms. The Labute approximate surface area is 126 Å². The van der Waals surface area contributed by atoms with Gasteiger partial charge in [-0.25, -0.2) is 8.42 Å².